The van der Waals surface area contributed by atoms with Crippen LogP contribution < -0.4 is 5.32 Å². The van der Waals surface area contributed by atoms with Crippen LogP contribution in [0.5, 0.6) is 0 Å². The summed E-state index contributed by atoms with van der Waals surface area (Å²) in [6.45, 7) is 3.60. The second-order valence-corrected chi connectivity index (χ2v) is 5.01. The monoisotopic (exact) mass is 268 g/mol. The van der Waals surface area contributed by atoms with Gasteiger partial charge in [-0.2, -0.15) is 13.2 Å². The maximum atomic E-state index is 12.1. The Bertz CT molecular complexity index is 295. The van der Waals surface area contributed by atoms with E-state index in [1.165, 1.54) is 0 Å². The molecule has 1 rings (SSSR count). The van der Waals surface area contributed by atoms with Gasteiger partial charge in [-0.25, -0.2) is 0 Å². The lowest BCUT2D eigenvalue weighted by molar-refractivity contribution is -0.144. The molecule has 4 nitrogen and oxygen atoms in total. The number of nitrogens with zero attached hydrogens (tertiary/aromatic N) is 1. The first-order chi connectivity index (χ1) is 8.19. The zero-order valence-electron chi connectivity index (χ0n) is 10.5. The van der Waals surface area contributed by atoms with E-state index < -0.39 is 30.7 Å². The number of piperidine rings is 1. The smallest absolute Gasteiger partial charge is 0.401 e. The summed E-state index contributed by atoms with van der Waals surface area (Å²) in [4.78, 5) is 12.9. The molecule has 0 aliphatic carbocycles. The lowest BCUT2D eigenvalue weighted by Crippen LogP contribution is -2.54. The van der Waals surface area contributed by atoms with Crippen molar-refractivity contribution in [2.45, 2.75) is 38.5 Å². The van der Waals surface area contributed by atoms with Crippen molar-refractivity contribution in [2.75, 3.05) is 19.6 Å². The van der Waals surface area contributed by atoms with E-state index in [0.29, 0.717) is 13.1 Å². The number of hydrogen-bond acceptors (Lipinski definition) is 3. The van der Waals surface area contributed by atoms with Gasteiger partial charge in [-0.3, -0.25) is 9.69 Å². The molecule has 2 atom stereocenters. The van der Waals surface area contributed by atoms with Crippen molar-refractivity contribution in [1.29, 1.82) is 0 Å². The highest BCUT2D eigenvalue weighted by Gasteiger charge is 2.35. The Kier molecular flexibility index (Phi) is 4.98. The highest BCUT2D eigenvalue weighted by atomic mass is 19.4. The molecule has 2 unspecified atom stereocenters. The first-order valence-electron chi connectivity index (χ1n) is 5.96. The lowest BCUT2D eigenvalue weighted by Gasteiger charge is -2.39. The number of carboxylic acids is 1. The van der Waals surface area contributed by atoms with Gasteiger partial charge in [-0.15, -0.1) is 0 Å². The summed E-state index contributed by atoms with van der Waals surface area (Å²) < 4.78 is 36.4. The van der Waals surface area contributed by atoms with Crippen molar-refractivity contribution in [3.05, 3.63) is 0 Å². The molecular formula is C11H19F3N2O2. The SMILES string of the molecule is CC(C)N1CC(NCC(F)(F)F)CC(C(=O)O)C1. The van der Waals surface area contributed by atoms with Crippen molar-refractivity contribution >= 4 is 5.97 Å². The number of alkyl halides is 3. The Morgan fingerprint density at radius 1 is 1.44 bits per heavy atom. The Morgan fingerprint density at radius 3 is 2.50 bits per heavy atom. The number of hydrogen-bond donors (Lipinski definition) is 2. The van der Waals surface area contributed by atoms with Crippen LogP contribution in [0.3, 0.4) is 0 Å². The first-order valence-corrected chi connectivity index (χ1v) is 5.96. The molecular weight excluding hydrogens is 249 g/mol. The number of nitrogens with one attached hydrogen (secondary N) is 1. The van der Waals surface area contributed by atoms with Gasteiger partial charge in [0, 0.05) is 25.2 Å². The van der Waals surface area contributed by atoms with E-state index >= 15 is 0 Å². The van der Waals surface area contributed by atoms with Gasteiger partial charge >= 0.3 is 12.1 Å². The van der Waals surface area contributed by atoms with Gasteiger partial charge in [0.15, 0.2) is 0 Å². The molecule has 0 saturated carbocycles. The van der Waals surface area contributed by atoms with Crippen LogP contribution in [0.25, 0.3) is 0 Å². The number of halogens is 3. The number of likely N-dealkylation sites (tertiary alicyclic amines) is 1. The Balaban J connectivity index is 2.59. The highest BCUT2D eigenvalue weighted by molar-refractivity contribution is 5.70. The van der Waals surface area contributed by atoms with Crippen molar-refractivity contribution in [3.8, 4) is 0 Å². The molecule has 1 fully saturated rings. The van der Waals surface area contributed by atoms with Crippen LogP contribution in [-0.2, 0) is 4.79 Å². The Hall–Kier alpha value is -0.820. The summed E-state index contributed by atoms with van der Waals surface area (Å²) in [6, 6.07) is -0.300. The van der Waals surface area contributed by atoms with E-state index in [1.807, 2.05) is 18.7 Å². The number of rotatable bonds is 4. The third kappa shape index (κ3) is 4.81. The minimum absolute atomic E-state index is 0.127. The Labute approximate surface area is 104 Å². The highest BCUT2D eigenvalue weighted by Crippen LogP contribution is 2.20. The van der Waals surface area contributed by atoms with E-state index in [-0.39, 0.29) is 12.5 Å². The predicted molar refractivity (Wildman–Crippen MR) is 60.3 cm³/mol. The molecule has 2 N–H and O–H groups in total. The predicted octanol–water partition coefficient (Wildman–Crippen LogP) is 1.32. The van der Waals surface area contributed by atoms with Crippen molar-refractivity contribution < 1.29 is 23.1 Å². The van der Waals surface area contributed by atoms with Crippen LogP contribution in [0.1, 0.15) is 20.3 Å². The fourth-order valence-corrected chi connectivity index (χ4v) is 2.14. The van der Waals surface area contributed by atoms with Gasteiger partial charge in [0.1, 0.15) is 0 Å². The average Bonchev–Trinajstić information content (AvgIpc) is 2.25. The van der Waals surface area contributed by atoms with Crippen LogP contribution in [0.15, 0.2) is 0 Å². The third-order valence-electron chi connectivity index (χ3n) is 3.15. The second-order valence-electron chi connectivity index (χ2n) is 5.01. The van der Waals surface area contributed by atoms with Gasteiger partial charge in [0.2, 0.25) is 0 Å². The molecule has 1 aliphatic rings. The maximum Gasteiger partial charge on any atom is 0.401 e. The molecule has 0 aromatic rings. The van der Waals surface area contributed by atoms with E-state index in [4.69, 9.17) is 5.11 Å². The molecule has 0 bridgehead atoms. The van der Waals surface area contributed by atoms with Gasteiger partial charge in [0.25, 0.3) is 0 Å². The summed E-state index contributed by atoms with van der Waals surface area (Å²) in [5.74, 6) is -1.55. The van der Waals surface area contributed by atoms with Crippen LogP contribution >= 0.6 is 0 Å². The molecule has 1 heterocycles. The minimum Gasteiger partial charge on any atom is -0.481 e. The number of carboxylic acid groups (broad SMARTS) is 1. The zero-order chi connectivity index (χ0) is 13.9. The van der Waals surface area contributed by atoms with Gasteiger partial charge in [-0.05, 0) is 20.3 Å². The average molecular weight is 268 g/mol. The molecule has 7 heteroatoms. The molecule has 0 radical (unpaired) electrons. The molecule has 1 aliphatic heterocycles. The van der Waals surface area contributed by atoms with Crippen molar-refractivity contribution in [2.24, 2.45) is 5.92 Å². The fraction of sp³-hybridized carbons (Fsp3) is 0.909. The van der Waals surface area contributed by atoms with E-state index in [0.717, 1.165) is 0 Å². The molecule has 0 amide bonds. The fourth-order valence-electron chi connectivity index (χ4n) is 2.14. The lowest BCUT2D eigenvalue weighted by atomic mass is 9.93. The molecule has 106 valence electrons. The van der Waals surface area contributed by atoms with Gasteiger partial charge < -0.3 is 10.4 Å². The third-order valence-corrected chi connectivity index (χ3v) is 3.15. The summed E-state index contributed by atoms with van der Waals surface area (Å²) >= 11 is 0. The van der Waals surface area contributed by atoms with Crippen LogP contribution in [-0.4, -0.2) is 53.9 Å². The molecule has 1 saturated heterocycles. The number of aliphatic carboxylic acids is 1. The van der Waals surface area contributed by atoms with Crippen LogP contribution in [0, 0.1) is 5.92 Å². The normalized spacial score (nSPS) is 26.6. The zero-order valence-corrected chi connectivity index (χ0v) is 10.5. The number of carbonyl (C=O) groups is 1. The molecule has 0 spiro atoms. The van der Waals surface area contributed by atoms with Crippen molar-refractivity contribution in [3.63, 3.8) is 0 Å². The van der Waals surface area contributed by atoms with Gasteiger partial charge in [-0.1, -0.05) is 0 Å². The first kappa shape index (κ1) is 15.2. The summed E-state index contributed by atoms with van der Waals surface area (Å²) in [7, 11) is 0. The van der Waals surface area contributed by atoms with E-state index in [9.17, 15) is 18.0 Å². The minimum atomic E-state index is -4.27. The standard InChI is InChI=1S/C11H19F3N2O2/c1-7(2)16-4-8(10(17)18)3-9(5-16)15-6-11(12,13)14/h7-9,15H,3-6H2,1-2H3,(H,17,18). The largest absolute Gasteiger partial charge is 0.481 e. The molecule has 0 aromatic heterocycles. The Morgan fingerprint density at radius 2 is 2.06 bits per heavy atom. The maximum absolute atomic E-state index is 12.1. The second kappa shape index (κ2) is 5.88. The topological polar surface area (TPSA) is 52.6 Å². The quantitative estimate of drug-likeness (QED) is 0.807. The summed E-state index contributed by atoms with van der Waals surface area (Å²) in [5, 5.41) is 11.4. The summed E-state index contributed by atoms with van der Waals surface area (Å²) in [6.07, 6.45) is -4.02. The van der Waals surface area contributed by atoms with E-state index in [2.05, 4.69) is 5.32 Å². The van der Waals surface area contributed by atoms with E-state index in [1.54, 1.807) is 0 Å². The molecule has 0 aromatic carbocycles. The molecule has 18 heavy (non-hydrogen) atoms. The van der Waals surface area contributed by atoms with Gasteiger partial charge in [0.05, 0.1) is 12.5 Å². The summed E-state index contributed by atoms with van der Waals surface area (Å²) in [5.41, 5.74) is 0. The van der Waals surface area contributed by atoms with Crippen molar-refractivity contribution in [1.82, 2.24) is 10.2 Å². The van der Waals surface area contributed by atoms with Crippen LogP contribution in [0.4, 0.5) is 13.2 Å². The van der Waals surface area contributed by atoms with Crippen LogP contribution in [0.2, 0.25) is 0 Å².